The summed E-state index contributed by atoms with van der Waals surface area (Å²) in [7, 11) is 0. The molecule has 0 N–H and O–H groups in total. The van der Waals surface area contributed by atoms with Crippen LogP contribution in [0.2, 0.25) is 0 Å². The van der Waals surface area contributed by atoms with E-state index in [1.54, 1.807) is 5.57 Å². The van der Waals surface area contributed by atoms with E-state index >= 15 is 0 Å². The number of fused-ring (bicyclic) bond motifs is 11. The van der Waals surface area contributed by atoms with Crippen LogP contribution in [-0.4, -0.2) is 4.57 Å². The van der Waals surface area contributed by atoms with Crippen LogP contribution >= 0.6 is 0 Å². The fourth-order valence-electron chi connectivity index (χ4n) is 11.7. The summed E-state index contributed by atoms with van der Waals surface area (Å²) in [5.74, 6) is 0.499. The van der Waals surface area contributed by atoms with Gasteiger partial charge in [0.15, 0.2) is 0 Å². The predicted octanol–water partition coefficient (Wildman–Crippen LogP) is 16.4. The van der Waals surface area contributed by atoms with Crippen LogP contribution in [0, 0.1) is 5.92 Å². The molecule has 4 aliphatic rings. The summed E-state index contributed by atoms with van der Waals surface area (Å²) in [5.41, 5.74) is 23.2. The third-order valence-corrected chi connectivity index (χ3v) is 14.5. The number of para-hydroxylation sites is 2. The Morgan fingerprint density at radius 2 is 1.16 bits per heavy atom. The molecule has 4 aliphatic carbocycles. The normalized spacial score (nSPS) is 18.2. The summed E-state index contributed by atoms with van der Waals surface area (Å²) in [6.07, 6.45) is 12.9. The first-order valence-electron chi connectivity index (χ1n) is 22.9. The van der Waals surface area contributed by atoms with Crippen molar-refractivity contribution in [1.29, 1.82) is 0 Å². The van der Waals surface area contributed by atoms with Gasteiger partial charge in [-0.3, -0.25) is 0 Å². The zero-order valence-corrected chi connectivity index (χ0v) is 35.9. The highest BCUT2D eigenvalue weighted by atomic mass is 15.1. The maximum atomic E-state index is 2.55. The SMILES string of the molecule is CC1C=CC2=C(C1)c1ccc(N(c3ccc(-c4ccccc4)cc3)c3ccc(-c4ccc5c(c4)c4ccccc4n5-c4ccccc4)cc3)cc1C21C2=C(C=CCC2)c2ccccc21. The molecule has 2 unspecified atom stereocenters. The van der Waals surface area contributed by atoms with Crippen LogP contribution in [0.5, 0.6) is 0 Å². The first kappa shape index (κ1) is 36.9. The summed E-state index contributed by atoms with van der Waals surface area (Å²) in [4.78, 5) is 2.47. The second-order valence-corrected chi connectivity index (χ2v) is 18.0. The highest BCUT2D eigenvalue weighted by Gasteiger charge is 2.53. The lowest BCUT2D eigenvalue weighted by Gasteiger charge is -2.36. The maximum absolute atomic E-state index is 2.55. The Morgan fingerprint density at radius 3 is 1.95 bits per heavy atom. The molecule has 0 fully saturated rings. The fraction of sp³-hybridized carbons (Fsp3) is 0.0968. The van der Waals surface area contributed by atoms with Gasteiger partial charge in [0.2, 0.25) is 0 Å². The van der Waals surface area contributed by atoms with E-state index in [4.69, 9.17) is 0 Å². The molecule has 304 valence electrons. The van der Waals surface area contributed by atoms with Crippen molar-refractivity contribution in [3.8, 4) is 27.9 Å². The van der Waals surface area contributed by atoms with E-state index in [1.165, 1.54) is 94.4 Å². The zero-order chi connectivity index (χ0) is 42.4. The Bertz CT molecular complexity index is 3450. The van der Waals surface area contributed by atoms with Gasteiger partial charge in [-0.1, -0.05) is 159 Å². The monoisotopic (exact) mass is 818 g/mol. The molecule has 2 heteroatoms. The standard InChI is InChI=1S/C62H46N2/c1-41-24-36-58-54(38-41)52-35-34-49(40-59(52)62(58)56-21-11-8-18-50(56)51-19-9-12-22-57(51)62)63(47-30-25-43(26-31-47)42-14-4-2-5-15-42)48-32-27-44(28-33-48)45-29-37-61-55(39-45)53-20-10-13-23-60(53)64(61)46-16-6-3-7-17-46/h2-11,13-21,23-37,39-41H,12,22,38H2,1H3. The fourth-order valence-corrected chi connectivity index (χ4v) is 11.7. The van der Waals surface area contributed by atoms with Gasteiger partial charge in [0, 0.05) is 33.5 Å². The van der Waals surface area contributed by atoms with Gasteiger partial charge >= 0.3 is 0 Å². The van der Waals surface area contributed by atoms with Gasteiger partial charge < -0.3 is 9.47 Å². The lowest BCUT2D eigenvalue weighted by Crippen LogP contribution is -2.29. The van der Waals surface area contributed by atoms with Gasteiger partial charge in [0.05, 0.1) is 16.4 Å². The van der Waals surface area contributed by atoms with Gasteiger partial charge in [-0.25, -0.2) is 0 Å². The molecule has 64 heavy (non-hydrogen) atoms. The number of aromatic nitrogens is 1. The van der Waals surface area contributed by atoms with E-state index in [2.05, 4.69) is 235 Å². The minimum absolute atomic E-state index is 0.303. The summed E-state index contributed by atoms with van der Waals surface area (Å²) < 4.78 is 2.38. The molecule has 1 aromatic heterocycles. The second kappa shape index (κ2) is 14.4. The Labute approximate surface area is 375 Å². The lowest BCUT2D eigenvalue weighted by molar-refractivity contribution is 0.690. The van der Waals surface area contributed by atoms with Crippen LogP contribution in [0.15, 0.2) is 230 Å². The van der Waals surface area contributed by atoms with E-state index in [-0.39, 0.29) is 5.41 Å². The molecule has 0 saturated carbocycles. The van der Waals surface area contributed by atoms with Crippen molar-refractivity contribution in [2.45, 2.75) is 31.6 Å². The number of allylic oxidation sites excluding steroid dienone is 8. The lowest BCUT2D eigenvalue weighted by atomic mass is 9.66. The number of hydrogen-bond acceptors (Lipinski definition) is 1. The molecule has 2 atom stereocenters. The summed E-state index contributed by atoms with van der Waals surface area (Å²) in [6, 6.07) is 72.1. The van der Waals surface area contributed by atoms with Crippen LogP contribution in [0.3, 0.4) is 0 Å². The molecule has 1 spiro atoms. The van der Waals surface area contributed by atoms with Gasteiger partial charge in [-0.15, -0.1) is 0 Å². The molecule has 0 bridgehead atoms. The molecule has 8 aromatic carbocycles. The van der Waals surface area contributed by atoms with Crippen LogP contribution in [0.4, 0.5) is 17.1 Å². The van der Waals surface area contributed by atoms with Crippen molar-refractivity contribution in [2.75, 3.05) is 4.90 Å². The highest BCUT2D eigenvalue weighted by Crippen LogP contribution is 2.65. The average molecular weight is 819 g/mol. The van der Waals surface area contributed by atoms with Crippen molar-refractivity contribution in [1.82, 2.24) is 4.57 Å². The minimum atomic E-state index is -0.303. The average Bonchev–Trinajstić information content (AvgIpc) is 3.96. The van der Waals surface area contributed by atoms with Crippen molar-refractivity contribution in [2.24, 2.45) is 5.92 Å². The Kier molecular flexibility index (Phi) is 8.33. The van der Waals surface area contributed by atoms with Crippen molar-refractivity contribution >= 4 is 50.0 Å². The van der Waals surface area contributed by atoms with Crippen LogP contribution < -0.4 is 4.90 Å². The maximum Gasteiger partial charge on any atom is 0.0685 e. The summed E-state index contributed by atoms with van der Waals surface area (Å²) >= 11 is 0. The predicted molar refractivity (Wildman–Crippen MR) is 269 cm³/mol. The second-order valence-electron chi connectivity index (χ2n) is 18.0. The van der Waals surface area contributed by atoms with E-state index in [0.717, 1.165) is 30.6 Å². The Hall–Kier alpha value is -7.68. The molecule has 9 aromatic rings. The largest absolute Gasteiger partial charge is 0.310 e. The van der Waals surface area contributed by atoms with E-state index < -0.39 is 0 Å². The minimum Gasteiger partial charge on any atom is -0.310 e. The third kappa shape index (κ3) is 5.45. The number of rotatable bonds is 6. The molecule has 2 nitrogen and oxygen atoms in total. The number of hydrogen-bond donors (Lipinski definition) is 0. The molecular weight excluding hydrogens is 773 g/mol. The molecular formula is C62H46N2. The highest BCUT2D eigenvalue weighted by molar-refractivity contribution is 6.10. The number of anilines is 3. The van der Waals surface area contributed by atoms with Crippen molar-refractivity contribution in [3.05, 3.63) is 252 Å². The van der Waals surface area contributed by atoms with Crippen molar-refractivity contribution < 1.29 is 0 Å². The Morgan fingerprint density at radius 1 is 0.516 bits per heavy atom. The van der Waals surface area contributed by atoms with Crippen LogP contribution in [-0.2, 0) is 5.41 Å². The van der Waals surface area contributed by atoms with Gasteiger partial charge in [-0.05, 0) is 159 Å². The molecule has 0 amide bonds. The molecule has 1 heterocycles. The third-order valence-electron chi connectivity index (χ3n) is 14.5. The Balaban J connectivity index is 0.963. The van der Waals surface area contributed by atoms with Gasteiger partial charge in [0.25, 0.3) is 0 Å². The smallest absolute Gasteiger partial charge is 0.0685 e. The van der Waals surface area contributed by atoms with Gasteiger partial charge in [0.1, 0.15) is 0 Å². The van der Waals surface area contributed by atoms with Crippen LogP contribution in [0.25, 0.3) is 60.9 Å². The topological polar surface area (TPSA) is 8.17 Å². The van der Waals surface area contributed by atoms with E-state index in [0.29, 0.717) is 5.92 Å². The first-order chi connectivity index (χ1) is 31.6. The first-order valence-corrected chi connectivity index (χ1v) is 22.9. The molecule has 0 aliphatic heterocycles. The zero-order valence-electron chi connectivity index (χ0n) is 35.9. The van der Waals surface area contributed by atoms with Crippen molar-refractivity contribution in [3.63, 3.8) is 0 Å². The van der Waals surface area contributed by atoms with E-state index in [1.807, 2.05) is 0 Å². The molecule has 13 rings (SSSR count). The van der Waals surface area contributed by atoms with Gasteiger partial charge in [-0.2, -0.15) is 0 Å². The quantitative estimate of drug-likeness (QED) is 0.162. The molecule has 0 radical (unpaired) electrons. The summed E-state index contributed by atoms with van der Waals surface area (Å²) in [5, 5.41) is 2.52. The summed E-state index contributed by atoms with van der Waals surface area (Å²) in [6.45, 7) is 2.36. The number of nitrogens with zero attached hydrogens (tertiary/aromatic N) is 2. The van der Waals surface area contributed by atoms with Crippen LogP contribution in [0.1, 0.15) is 48.4 Å². The number of benzene rings is 8. The molecule has 0 saturated heterocycles. The van der Waals surface area contributed by atoms with E-state index in [9.17, 15) is 0 Å².